The molecule has 0 saturated carbocycles. The number of rotatable bonds is 7. The maximum absolute atomic E-state index is 10.2. The lowest BCUT2D eigenvalue weighted by Crippen LogP contribution is -2.10. The second kappa shape index (κ2) is 7.56. The van der Waals surface area contributed by atoms with Crippen LogP contribution in [0.5, 0.6) is 23.0 Å². The first-order valence-corrected chi connectivity index (χ1v) is 6.84. The quantitative estimate of drug-likeness (QED) is 0.852. The summed E-state index contributed by atoms with van der Waals surface area (Å²) in [5, 5.41) is 10.2. The zero-order valence-corrected chi connectivity index (χ0v) is 12.9. The number of aliphatic hydroxyl groups excluding tert-OH is 1. The molecule has 0 amide bonds. The van der Waals surface area contributed by atoms with Gasteiger partial charge in [-0.05, 0) is 42.0 Å². The Labute approximate surface area is 130 Å². The molecular weight excluding hydrogens is 284 g/mol. The van der Waals surface area contributed by atoms with Gasteiger partial charge in [0, 0.05) is 0 Å². The first-order chi connectivity index (χ1) is 10.7. The van der Waals surface area contributed by atoms with Crippen molar-refractivity contribution in [2.75, 3.05) is 27.9 Å². The first kappa shape index (κ1) is 16.0. The molecule has 5 heteroatoms. The maximum Gasteiger partial charge on any atom is 0.161 e. The van der Waals surface area contributed by atoms with E-state index in [0.717, 1.165) is 5.75 Å². The van der Waals surface area contributed by atoms with Crippen molar-refractivity contribution < 1.29 is 24.1 Å². The highest BCUT2D eigenvalue weighted by atomic mass is 16.5. The summed E-state index contributed by atoms with van der Waals surface area (Å²) in [7, 11) is 4.74. The average molecular weight is 304 g/mol. The van der Waals surface area contributed by atoms with E-state index in [9.17, 15) is 5.11 Å². The topological polar surface area (TPSA) is 57.2 Å². The fourth-order valence-electron chi connectivity index (χ4n) is 2.00. The van der Waals surface area contributed by atoms with Crippen LogP contribution in [0.1, 0.15) is 11.7 Å². The smallest absolute Gasteiger partial charge is 0.161 e. The van der Waals surface area contributed by atoms with Gasteiger partial charge in [-0.3, -0.25) is 0 Å². The van der Waals surface area contributed by atoms with Crippen LogP contribution in [0.3, 0.4) is 0 Å². The number of hydrogen-bond acceptors (Lipinski definition) is 5. The van der Waals surface area contributed by atoms with Gasteiger partial charge in [0.15, 0.2) is 11.5 Å². The second-order valence-electron chi connectivity index (χ2n) is 4.62. The minimum absolute atomic E-state index is 0.141. The molecule has 0 aliphatic carbocycles. The van der Waals surface area contributed by atoms with Gasteiger partial charge in [-0.2, -0.15) is 0 Å². The van der Waals surface area contributed by atoms with Crippen LogP contribution in [0, 0.1) is 0 Å². The molecule has 0 aromatic heterocycles. The van der Waals surface area contributed by atoms with E-state index in [-0.39, 0.29) is 6.61 Å². The minimum atomic E-state index is -0.762. The van der Waals surface area contributed by atoms with Gasteiger partial charge in [-0.15, -0.1) is 0 Å². The van der Waals surface area contributed by atoms with Crippen LogP contribution in [0.2, 0.25) is 0 Å². The Balaban J connectivity index is 2.00. The fourth-order valence-corrected chi connectivity index (χ4v) is 2.00. The van der Waals surface area contributed by atoms with E-state index >= 15 is 0 Å². The van der Waals surface area contributed by atoms with Gasteiger partial charge in [0.1, 0.15) is 24.2 Å². The summed E-state index contributed by atoms with van der Waals surface area (Å²) >= 11 is 0. The van der Waals surface area contributed by atoms with Crippen molar-refractivity contribution in [3.05, 3.63) is 48.0 Å². The van der Waals surface area contributed by atoms with Gasteiger partial charge in [0.25, 0.3) is 0 Å². The predicted octanol–water partition coefficient (Wildman–Crippen LogP) is 2.82. The molecule has 2 aromatic rings. The Morgan fingerprint density at radius 3 is 2.05 bits per heavy atom. The number of benzene rings is 2. The lowest BCUT2D eigenvalue weighted by molar-refractivity contribution is 0.108. The van der Waals surface area contributed by atoms with E-state index in [0.29, 0.717) is 22.8 Å². The molecule has 1 N–H and O–H groups in total. The molecule has 0 spiro atoms. The SMILES string of the molecule is COc1ccc(OCC(O)c2ccc(OC)c(OC)c2)cc1. The molecule has 2 aromatic carbocycles. The maximum atomic E-state index is 10.2. The van der Waals surface area contributed by atoms with Crippen molar-refractivity contribution in [3.63, 3.8) is 0 Å². The third kappa shape index (κ3) is 3.83. The van der Waals surface area contributed by atoms with Crippen LogP contribution < -0.4 is 18.9 Å². The number of methoxy groups -OCH3 is 3. The molecule has 0 heterocycles. The van der Waals surface area contributed by atoms with Crippen molar-refractivity contribution in [2.45, 2.75) is 6.10 Å². The molecular formula is C17H20O5. The van der Waals surface area contributed by atoms with Crippen LogP contribution >= 0.6 is 0 Å². The van der Waals surface area contributed by atoms with Crippen LogP contribution in [-0.4, -0.2) is 33.0 Å². The Hall–Kier alpha value is -2.40. The third-order valence-electron chi connectivity index (χ3n) is 3.26. The molecule has 0 bridgehead atoms. The highest BCUT2D eigenvalue weighted by Gasteiger charge is 2.12. The second-order valence-corrected chi connectivity index (χ2v) is 4.62. The summed E-state index contributed by atoms with van der Waals surface area (Å²) in [6.07, 6.45) is -0.762. The Kier molecular flexibility index (Phi) is 5.49. The molecule has 118 valence electrons. The molecule has 1 atom stereocenters. The largest absolute Gasteiger partial charge is 0.497 e. The van der Waals surface area contributed by atoms with E-state index in [4.69, 9.17) is 18.9 Å². The number of aliphatic hydroxyl groups is 1. The monoisotopic (exact) mass is 304 g/mol. The summed E-state index contributed by atoms with van der Waals surface area (Å²) < 4.78 is 21.1. The van der Waals surface area contributed by atoms with Crippen LogP contribution in [-0.2, 0) is 0 Å². The molecule has 0 saturated heterocycles. The molecule has 5 nitrogen and oxygen atoms in total. The average Bonchev–Trinajstić information content (AvgIpc) is 2.59. The highest BCUT2D eigenvalue weighted by Crippen LogP contribution is 2.30. The minimum Gasteiger partial charge on any atom is -0.497 e. The predicted molar refractivity (Wildman–Crippen MR) is 83.0 cm³/mol. The van der Waals surface area contributed by atoms with Crippen molar-refractivity contribution in [1.82, 2.24) is 0 Å². The van der Waals surface area contributed by atoms with Crippen molar-refractivity contribution in [3.8, 4) is 23.0 Å². The Morgan fingerprint density at radius 2 is 1.45 bits per heavy atom. The molecule has 0 aliphatic rings. The molecule has 0 aliphatic heterocycles. The van der Waals surface area contributed by atoms with E-state index in [1.165, 1.54) is 0 Å². The van der Waals surface area contributed by atoms with E-state index in [2.05, 4.69) is 0 Å². The van der Waals surface area contributed by atoms with E-state index < -0.39 is 6.10 Å². The fraction of sp³-hybridized carbons (Fsp3) is 0.294. The number of hydrogen-bond donors (Lipinski definition) is 1. The number of ether oxygens (including phenoxy) is 4. The van der Waals surface area contributed by atoms with Crippen molar-refractivity contribution in [1.29, 1.82) is 0 Å². The normalized spacial score (nSPS) is 11.6. The summed E-state index contributed by atoms with van der Waals surface area (Å²) in [5.41, 5.74) is 0.700. The zero-order chi connectivity index (χ0) is 15.9. The van der Waals surface area contributed by atoms with Gasteiger partial charge in [-0.1, -0.05) is 6.07 Å². The Bertz CT molecular complexity index is 594. The third-order valence-corrected chi connectivity index (χ3v) is 3.26. The van der Waals surface area contributed by atoms with Gasteiger partial charge in [-0.25, -0.2) is 0 Å². The van der Waals surface area contributed by atoms with E-state index in [1.807, 2.05) is 0 Å². The summed E-state index contributed by atoms with van der Waals surface area (Å²) in [6.45, 7) is 0.141. The van der Waals surface area contributed by atoms with Crippen molar-refractivity contribution >= 4 is 0 Å². The lowest BCUT2D eigenvalue weighted by atomic mass is 10.1. The molecule has 0 radical (unpaired) electrons. The molecule has 2 rings (SSSR count). The van der Waals surface area contributed by atoms with Gasteiger partial charge < -0.3 is 24.1 Å². The van der Waals surface area contributed by atoms with E-state index in [1.54, 1.807) is 63.8 Å². The first-order valence-electron chi connectivity index (χ1n) is 6.84. The summed E-state index contributed by atoms with van der Waals surface area (Å²) in [4.78, 5) is 0. The van der Waals surface area contributed by atoms with Crippen molar-refractivity contribution in [2.24, 2.45) is 0 Å². The zero-order valence-electron chi connectivity index (χ0n) is 12.9. The molecule has 22 heavy (non-hydrogen) atoms. The Morgan fingerprint density at radius 1 is 0.818 bits per heavy atom. The van der Waals surface area contributed by atoms with Crippen LogP contribution in [0.25, 0.3) is 0 Å². The van der Waals surface area contributed by atoms with Crippen LogP contribution in [0.15, 0.2) is 42.5 Å². The lowest BCUT2D eigenvalue weighted by Gasteiger charge is -2.15. The van der Waals surface area contributed by atoms with Gasteiger partial charge >= 0.3 is 0 Å². The summed E-state index contributed by atoms with van der Waals surface area (Å²) in [5.74, 6) is 2.62. The molecule has 1 unspecified atom stereocenters. The standard InChI is InChI=1S/C17H20O5/c1-19-13-5-7-14(8-6-13)22-11-15(18)12-4-9-16(20-2)17(10-12)21-3/h4-10,15,18H,11H2,1-3H3. The van der Waals surface area contributed by atoms with Crippen LogP contribution in [0.4, 0.5) is 0 Å². The van der Waals surface area contributed by atoms with Gasteiger partial charge in [0.05, 0.1) is 21.3 Å². The van der Waals surface area contributed by atoms with Gasteiger partial charge in [0.2, 0.25) is 0 Å². The molecule has 0 fully saturated rings. The highest BCUT2D eigenvalue weighted by molar-refractivity contribution is 5.43. The summed E-state index contributed by atoms with van der Waals surface area (Å²) in [6, 6.07) is 12.5.